The molecule has 0 amide bonds. The molecule has 1 N–H and O–H groups in total. The van der Waals surface area contributed by atoms with Crippen LogP contribution in [0.4, 0.5) is 4.39 Å². The van der Waals surface area contributed by atoms with Crippen molar-refractivity contribution in [3.05, 3.63) is 63.3 Å². The van der Waals surface area contributed by atoms with Gasteiger partial charge in [0.25, 0.3) is 0 Å². The van der Waals surface area contributed by atoms with Crippen LogP contribution in [0.25, 0.3) is 0 Å². The second kappa shape index (κ2) is 6.37. The first-order valence-corrected chi connectivity index (χ1v) is 6.75. The minimum atomic E-state index is -0.771. The maximum atomic E-state index is 13.3. The molecular weight excluding hydrogens is 335 g/mol. The van der Waals surface area contributed by atoms with Crippen molar-refractivity contribution in [2.24, 2.45) is 0 Å². The van der Waals surface area contributed by atoms with Gasteiger partial charge in [-0.25, -0.2) is 4.39 Å². The van der Waals surface area contributed by atoms with E-state index in [2.05, 4.69) is 15.9 Å². The maximum absolute atomic E-state index is 13.3. The van der Waals surface area contributed by atoms with Crippen molar-refractivity contribution in [3.8, 4) is 5.75 Å². The maximum Gasteiger partial charge on any atom is 0.145 e. The van der Waals surface area contributed by atoms with Crippen molar-refractivity contribution >= 4 is 27.5 Å². The van der Waals surface area contributed by atoms with Crippen molar-refractivity contribution in [2.45, 2.75) is 6.10 Å². The normalized spacial score (nSPS) is 12.2. The fourth-order valence-electron chi connectivity index (χ4n) is 1.56. The Morgan fingerprint density at radius 3 is 2.63 bits per heavy atom. The molecule has 0 heterocycles. The molecule has 0 aliphatic carbocycles. The molecule has 1 atom stereocenters. The summed E-state index contributed by atoms with van der Waals surface area (Å²) in [7, 11) is 0. The lowest BCUT2D eigenvalue weighted by atomic mass is 10.1. The van der Waals surface area contributed by atoms with Crippen LogP contribution in [0.1, 0.15) is 11.7 Å². The molecule has 2 rings (SSSR count). The van der Waals surface area contributed by atoms with E-state index in [1.165, 1.54) is 12.1 Å². The average molecular weight is 346 g/mol. The Morgan fingerprint density at radius 2 is 1.95 bits per heavy atom. The third-order valence-corrected chi connectivity index (χ3v) is 3.47. The van der Waals surface area contributed by atoms with E-state index in [1.807, 2.05) is 18.2 Å². The lowest BCUT2D eigenvalue weighted by molar-refractivity contribution is 0.107. The Kier molecular flexibility index (Phi) is 4.80. The summed E-state index contributed by atoms with van der Waals surface area (Å²) in [5.41, 5.74) is 0.744. The summed E-state index contributed by atoms with van der Waals surface area (Å²) in [5.74, 6) is -0.258. The summed E-state index contributed by atoms with van der Waals surface area (Å²) in [4.78, 5) is 0. The Balaban J connectivity index is 2.05. The summed E-state index contributed by atoms with van der Waals surface area (Å²) in [5, 5.41) is 9.95. The number of halogens is 3. The van der Waals surface area contributed by atoms with Crippen LogP contribution >= 0.6 is 27.5 Å². The van der Waals surface area contributed by atoms with E-state index < -0.39 is 11.9 Å². The zero-order valence-corrected chi connectivity index (χ0v) is 12.2. The number of benzene rings is 2. The molecule has 2 aromatic carbocycles. The van der Waals surface area contributed by atoms with E-state index in [0.717, 1.165) is 5.56 Å². The van der Waals surface area contributed by atoms with Gasteiger partial charge in [0.15, 0.2) is 0 Å². The Morgan fingerprint density at radius 1 is 1.26 bits per heavy atom. The highest BCUT2D eigenvalue weighted by Crippen LogP contribution is 2.31. The number of aliphatic hydroxyl groups is 1. The number of rotatable bonds is 4. The molecule has 0 saturated heterocycles. The smallest absolute Gasteiger partial charge is 0.145 e. The first-order valence-electron chi connectivity index (χ1n) is 5.58. The van der Waals surface area contributed by atoms with Crippen LogP contribution in [-0.4, -0.2) is 11.7 Å². The lowest BCUT2D eigenvalue weighted by Gasteiger charge is -2.14. The van der Waals surface area contributed by atoms with Gasteiger partial charge in [0.2, 0.25) is 0 Å². The van der Waals surface area contributed by atoms with Crippen LogP contribution < -0.4 is 4.74 Å². The summed E-state index contributed by atoms with van der Waals surface area (Å²) in [6, 6.07) is 11.7. The molecule has 2 aromatic rings. The molecule has 0 spiro atoms. The van der Waals surface area contributed by atoms with Crippen LogP contribution in [0.2, 0.25) is 5.02 Å². The van der Waals surface area contributed by atoms with E-state index >= 15 is 0 Å². The van der Waals surface area contributed by atoms with Crippen molar-refractivity contribution < 1.29 is 14.2 Å². The second-order valence-corrected chi connectivity index (χ2v) is 5.20. The van der Waals surface area contributed by atoms with Gasteiger partial charge in [-0.3, -0.25) is 0 Å². The average Bonchev–Trinajstić information content (AvgIpc) is 2.42. The molecule has 0 aliphatic rings. The zero-order chi connectivity index (χ0) is 13.8. The van der Waals surface area contributed by atoms with Crippen molar-refractivity contribution in [2.75, 3.05) is 6.61 Å². The van der Waals surface area contributed by atoms with Gasteiger partial charge in [0.05, 0.1) is 9.50 Å². The van der Waals surface area contributed by atoms with Gasteiger partial charge in [0.1, 0.15) is 24.3 Å². The van der Waals surface area contributed by atoms with Crippen LogP contribution in [-0.2, 0) is 0 Å². The summed E-state index contributed by atoms with van der Waals surface area (Å²) in [6.07, 6.45) is -0.771. The van der Waals surface area contributed by atoms with Gasteiger partial charge in [-0.15, -0.1) is 0 Å². The van der Waals surface area contributed by atoms with Crippen LogP contribution in [0.15, 0.2) is 46.9 Å². The van der Waals surface area contributed by atoms with Gasteiger partial charge >= 0.3 is 0 Å². The van der Waals surface area contributed by atoms with E-state index in [0.29, 0.717) is 10.2 Å². The predicted octanol–water partition coefficient (Wildman–Crippen LogP) is 4.35. The van der Waals surface area contributed by atoms with Gasteiger partial charge < -0.3 is 9.84 Å². The van der Waals surface area contributed by atoms with E-state index in [-0.39, 0.29) is 11.6 Å². The van der Waals surface area contributed by atoms with Gasteiger partial charge in [0, 0.05) is 6.07 Å². The minimum absolute atomic E-state index is 0.0165. The third-order valence-electron chi connectivity index (χ3n) is 2.56. The van der Waals surface area contributed by atoms with Gasteiger partial charge in [-0.1, -0.05) is 41.9 Å². The number of ether oxygens (including phenoxy) is 1. The van der Waals surface area contributed by atoms with Gasteiger partial charge in [-0.05, 0) is 27.6 Å². The molecule has 0 saturated carbocycles. The number of aliphatic hydroxyl groups excluding tert-OH is 1. The largest absolute Gasteiger partial charge is 0.489 e. The molecule has 0 bridgehead atoms. The van der Waals surface area contributed by atoms with Gasteiger partial charge in [-0.2, -0.15) is 0 Å². The van der Waals surface area contributed by atoms with Crippen molar-refractivity contribution in [3.63, 3.8) is 0 Å². The molecule has 0 aromatic heterocycles. The summed E-state index contributed by atoms with van der Waals surface area (Å²) in [6.45, 7) is 0.0314. The van der Waals surface area contributed by atoms with Crippen molar-refractivity contribution in [1.82, 2.24) is 0 Å². The molecule has 5 heteroatoms. The topological polar surface area (TPSA) is 29.5 Å². The predicted molar refractivity (Wildman–Crippen MR) is 76.0 cm³/mol. The minimum Gasteiger partial charge on any atom is -0.489 e. The lowest BCUT2D eigenvalue weighted by Crippen LogP contribution is -2.10. The SMILES string of the molecule is OC(COc1cc(F)c(Cl)cc1Br)c1ccccc1. The molecule has 100 valence electrons. The molecule has 19 heavy (non-hydrogen) atoms. The fraction of sp³-hybridized carbons (Fsp3) is 0.143. The fourth-order valence-corrected chi connectivity index (χ4v) is 2.31. The first-order chi connectivity index (χ1) is 9.08. The monoisotopic (exact) mass is 344 g/mol. The van der Waals surface area contributed by atoms with Crippen LogP contribution in [0.5, 0.6) is 5.75 Å². The highest BCUT2D eigenvalue weighted by atomic mass is 79.9. The standard InChI is InChI=1S/C14H11BrClFO2/c15-10-6-11(16)12(17)7-14(10)19-8-13(18)9-4-2-1-3-5-9/h1-7,13,18H,8H2. The Bertz CT molecular complexity index is 563. The molecule has 0 fully saturated rings. The van der Waals surface area contributed by atoms with Crippen LogP contribution in [0, 0.1) is 5.82 Å². The second-order valence-electron chi connectivity index (χ2n) is 3.93. The Hall–Kier alpha value is -1.10. The third kappa shape index (κ3) is 3.69. The summed E-state index contributed by atoms with van der Waals surface area (Å²) < 4.78 is 19.2. The molecule has 0 radical (unpaired) electrons. The highest BCUT2D eigenvalue weighted by Gasteiger charge is 2.11. The van der Waals surface area contributed by atoms with Crippen molar-refractivity contribution in [1.29, 1.82) is 0 Å². The van der Waals surface area contributed by atoms with E-state index in [1.54, 1.807) is 12.1 Å². The molecule has 1 unspecified atom stereocenters. The summed E-state index contributed by atoms with van der Waals surface area (Å²) >= 11 is 8.86. The quantitative estimate of drug-likeness (QED) is 0.835. The Labute approximate surface area is 123 Å². The number of hydrogen-bond donors (Lipinski definition) is 1. The zero-order valence-electron chi connectivity index (χ0n) is 9.82. The first kappa shape index (κ1) is 14.3. The molecular formula is C14H11BrClFO2. The molecule has 2 nitrogen and oxygen atoms in total. The molecule has 0 aliphatic heterocycles. The van der Waals surface area contributed by atoms with Crippen LogP contribution in [0.3, 0.4) is 0 Å². The van der Waals surface area contributed by atoms with E-state index in [4.69, 9.17) is 16.3 Å². The van der Waals surface area contributed by atoms with E-state index in [9.17, 15) is 9.50 Å². The highest BCUT2D eigenvalue weighted by molar-refractivity contribution is 9.10. The number of hydrogen-bond acceptors (Lipinski definition) is 2.